The Morgan fingerprint density at radius 3 is 2.65 bits per heavy atom. The maximum atomic E-state index is 12.0. The van der Waals surface area contributed by atoms with E-state index >= 15 is 0 Å². The molecule has 1 unspecified atom stereocenters. The standard InChI is InChI=1S/C13H17Br2NO/c1-8(2)11(14)7-16-13(17)10-6-4-5-9(3)12(10)15/h4-6,8,11H,7H2,1-3H3,(H,16,17). The number of hydrogen-bond acceptors (Lipinski definition) is 1. The minimum absolute atomic E-state index is 0.0364. The lowest BCUT2D eigenvalue weighted by molar-refractivity contribution is 0.0952. The summed E-state index contributed by atoms with van der Waals surface area (Å²) < 4.78 is 0.869. The number of benzene rings is 1. The Kier molecular flexibility index (Phi) is 5.67. The zero-order chi connectivity index (χ0) is 13.0. The van der Waals surface area contributed by atoms with Crippen molar-refractivity contribution in [3.05, 3.63) is 33.8 Å². The SMILES string of the molecule is Cc1cccc(C(=O)NCC(Br)C(C)C)c1Br. The molecule has 1 rings (SSSR count). The first-order chi connectivity index (χ1) is 7.93. The molecule has 0 saturated carbocycles. The van der Waals surface area contributed by atoms with Crippen molar-refractivity contribution < 1.29 is 4.79 Å². The molecule has 0 aliphatic carbocycles. The van der Waals surface area contributed by atoms with Crippen molar-refractivity contribution in [3.8, 4) is 0 Å². The van der Waals surface area contributed by atoms with Crippen molar-refractivity contribution in [1.82, 2.24) is 5.32 Å². The molecule has 0 spiro atoms. The Hall–Kier alpha value is -0.350. The molecule has 1 amide bonds. The van der Waals surface area contributed by atoms with E-state index in [1.807, 2.05) is 25.1 Å². The summed E-state index contributed by atoms with van der Waals surface area (Å²) in [5, 5.41) is 2.93. The van der Waals surface area contributed by atoms with E-state index in [9.17, 15) is 4.79 Å². The molecule has 17 heavy (non-hydrogen) atoms. The van der Waals surface area contributed by atoms with Crippen molar-refractivity contribution in [3.63, 3.8) is 0 Å². The first-order valence-corrected chi connectivity index (χ1v) is 7.31. The van der Waals surface area contributed by atoms with Crippen LogP contribution in [0, 0.1) is 12.8 Å². The molecule has 1 aromatic carbocycles. The monoisotopic (exact) mass is 361 g/mol. The van der Waals surface area contributed by atoms with Gasteiger partial charge in [0, 0.05) is 15.8 Å². The molecular formula is C13H17Br2NO. The summed E-state index contributed by atoms with van der Waals surface area (Å²) in [4.78, 5) is 12.3. The van der Waals surface area contributed by atoms with Gasteiger partial charge in [-0.05, 0) is 40.4 Å². The average Bonchev–Trinajstić information content (AvgIpc) is 2.29. The zero-order valence-electron chi connectivity index (χ0n) is 10.3. The molecule has 1 N–H and O–H groups in total. The quantitative estimate of drug-likeness (QED) is 0.808. The summed E-state index contributed by atoms with van der Waals surface area (Å²) in [6, 6.07) is 5.69. The summed E-state index contributed by atoms with van der Waals surface area (Å²) in [6.45, 7) is 6.85. The molecule has 0 radical (unpaired) electrons. The fourth-order valence-electron chi connectivity index (χ4n) is 1.34. The van der Waals surface area contributed by atoms with E-state index < -0.39 is 0 Å². The van der Waals surface area contributed by atoms with Gasteiger partial charge < -0.3 is 5.32 Å². The highest BCUT2D eigenvalue weighted by Gasteiger charge is 2.14. The largest absolute Gasteiger partial charge is 0.351 e. The number of carbonyl (C=O) groups is 1. The van der Waals surface area contributed by atoms with Gasteiger partial charge in [-0.25, -0.2) is 0 Å². The molecule has 2 nitrogen and oxygen atoms in total. The fraction of sp³-hybridized carbons (Fsp3) is 0.462. The molecule has 0 aliphatic heterocycles. The van der Waals surface area contributed by atoms with E-state index in [0.717, 1.165) is 10.0 Å². The van der Waals surface area contributed by atoms with E-state index in [1.165, 1.54) is 0 Å². The highest BCUT2D eigenvalue weighted by Crippen LogP contribution is 2.21. The van der Waals surface area contributed by atoms with E-state index in [1.54, 1.807) is 0 Å². The van der Waals surface area contributed by atoms with E-state index in [2.05, 4.69) is 51.0 Å². The molecule has 4 heteroatoms. The van der Waals surface area contributed by atoms with Crippen LogP contribution in [0.25, 0.3) is 0 Å². The molecule has 0 aromatic heterocycles. The molecular weight excluding hydrogens is 346 g/mol. The van der Waals surface area contributed by atoms with Gasteiger partial charge in [-0.2, -0.15) is 0 Å². The lowest BCUT2D eigenvalue weighted by atomic mass is 10.1. The van der Waals surface area contributed by atoms with Crippen molar-refractivity contribution in [2.24, 2.45) is 5.92 Å². The topological polar surface area (TPSA) is 29.1 Å². The predicted octanol–water partition coefficient (Wildman–Crippen LogP) is 3.91. The van der Waals surface area contributed by atoms with Gasteiger partial charge in [0.15, 0.2) is 0 Å². The Balaban J connectivity index is 2.68. The van der Waals surface area contributed by atoms with Crippen LogP contribution in [0.5, 0.6) is 0 Å². The van der Waals surface area contributed by atoms with Crippen LogP contribution in [0.15, 0.2) is 22.7 Å². The van der Waals surface area contributed by atoms with Crippen molar-refractivity contribution in [2.75, 3.05) is 6.54 Å². The third-order valence-corrected chi connectivity index (χ3v) is 5.05. The van der Waals surface area contributed by atoms with Gasteiger partial charge >= 0.3 is 0 Å². The Bertz CT molecular complexity index is 404. The number of hydrogen-bond donors (Lipinski definition) is 1. The third-order valence-electron chi connectivity index (χ3n) is 2.62. The molecule has 0 heterocycles. The number of rotatable bonds is 4. The molecule has 0 aliphatic rings. The van der Waals surface area contributed by atoms with Crippen LogP contribution in [0.4, 0.5) is 0 Å². The van der Waals surface area contributed by atoms with Crippen LogP contribution in [-0.4, -0.2) is 17.3 Å². The molecule has 1 aromatic rings. The van der Waals surface area contributed by atoms with E-state index in [0.29, 0.717) is 22.9 Å². The summed E-state index contributed by atoms with van der Waals surface area (Å²) in [7, 11) is 0. The Morgan fingerprint density at radius 2 is 2.06 bits per heavy atom. The van der Waals surface area contributed by atoms with E-state index in [-0.39, 0.29) is 5.91 Å². The first kappa shape index (κ1) is 14.7. The highest BCUT2D eigenvalue weighted by atomic mass is 79.9. The number of alkyl halides is 1. The van der Waals surface area contributed by atoms with E-state index in [4.69, 9.17) is 0 Å². The lowest BCUT2D eigenvalue weighted by Crippen LogP contribution is -2.31. The first-order valence-electron chi connectivity index (χ1n) is 5.61. The van der Waals surface area contributed by atoms with Crippen LogP contribution in [0.1, 0.15) is 29.8 Å². The third kappa shape index (κ3) is 4.11. The molecule has 94 valence electrons. The molecule has 0 bridgehead atoms. The number of halogens is 2. The van der Waals surface area contributed by atoms with Gasteiger partial charge in [-0.3, -0.25) is 4.79 Å². The molecule has 0 fully saturated rings. The maximum absolute atomic E-state index is 12.0. The summed E-state index contributed by atoms with van der Waals surface area (Å²) in [5.74, 6) is 0.460. The van der Waals surface area contributed by atoms with Crippen LogP contribution in [0.2, 0.25) is 0 Å². The van der Waals surface area contributed by atoms with Crippen LogP contribution >= 0.6 is 31.9 Å². The second kappa shape index (κ2) is 6.55. The van der Waals surface area contributed by atoms with Crippen molar-refractivity contribution in [1.29, 1.82) is 0 Å². The Morgan fingerprint density at radius 1 is 1.41 bits per heavy atom. The lowest BCUT2D eigenvalue weighted by Gasteiger charge is -2.15. The smallest absolute Gasteiger partial charge is 0.252 e. The number of nitrogens with one attached hydrogen (secondary N) is 1. The summed E-state index contributed by atoms with van der Waals surface area (Å²) in [6.07, 6.45) is 0. The number of amides is 1. The predicted molar refractivity (Wildman–Crippen MR) is 78.8 cm³/mol. The normalized spacial score (nSPS) is 12.6. The molecule has 1 atom stereocenters. The maximum Gasteiger partial charge on any atom is 0.252 e. The van der Waals surface area contributed by atoms with Crippen LogP contribution in [-0.2, 0) is 0 Å². The van der Waals surface area contributed by atoms with Gasteiger partial charge in [-0.15, -0.1) is 0 Å². The fourth-order valence-corrected chi connectivity index (χ4v) is 1.95. The van der Waals surface area contributed by atoms with Crippen LogP contribution < -0.4 is 5.32 Å². The zero-order valence-corrected chi connectivity index (χ0v) is 13.4. The van der Waals surface area contributed by atoms with Gasteiger partial charge in [0.2, 0.25) is 0 Å². The van der Waals surface area contributed by atoms with Gasteiger partial charge in [0.05, 0.1) is 5.56 Å². The Labute approximate surface area is 119 Å². The minimum atomic E-state index is -0.0364. The van der Waals surface area contributed by atoms with Crippen molar-refractivity contribution >= 4 is 37.8 Å². The molecule has 0 saturated heterocycles. The number of aryl methyl sites for hydroxylation is 1. The summed E-state index contributed by atoms with van der Waals surface area (Å²) in [5.41, 5.74) is 1.75. The highest BCUT2D eigenvalue weighted by molar-refractivity contribution is 9.10. The second-order valence-electron chi connectivity index (χ2n) is 4.41. The minimum Gasteiger partial charge on any atom is -0.351 e. The second-order valence-corrected chi connectivity index (χ2v) is 6.38. The van der Waals surface area contributed by atoms with Gasteiger partial charge in [0.1, 0.15) is 0 Å². The van der Waals surface area contributed by atoms with Gasteiger partial charge in [0.25, 0.3) is 5.91 Å². The number of carbonyl (C=O) groups excluding carboxylic acids is 1. The van der Waals surface area contributed by atoms with Crippen LogP contribution in [0.3, 0.4) is 0 Å². The summed E-state index contributed by atoms with van der Waals surface area (Å²) >= 11 is 6.99. The van der Waals surface area contributed by atoms with Crippen molar-refractivity contribution in [2.45, 2.75) is 25.6 Å². The average molecular weight is 363 g/mol. The van der Waals surface area contributed by atoms with Gasteiger partial charge in [-0.1, -0.05) is 41.9 Å².